The third-order valence-corrected chi connectivity index (χ3v) is 5.42. The van der Waals surface area contributed by atoms with Gasteiger partial charge in [0.15, 0.2) is 5.96 Å². The highest BCUT2D eigenvalue weighted by atomic mass is 79.9. The molecule has 1 aromatic heterocycles. The predicted molar refractivity (Wildman–Crippen MR) is 103 cm³/mol. The zero-order valence-corrected chi connectivity index (χ0v) is 16.7. The fourth-order valence-corrected chi connectivity index (χ4v) is 3.80. The van der Waals surface area contributed by atoms with E-state index in [1.807, 2.05) is 7.05 Å². The molecule has 1 N–H and O–H groups in total. The van der Waals surface area contributed by atoms with Crippen molar-refractivity contribution < 1.29 is 0 Å². The molecule has 0 atom stereocenters. The van der Waals surface area contributed by atoms with Crippen LogP contribution in [0.2, 0.25) is 0 Å². The van der Waals surface area contributed by atoms with E-state index in [0.717, 1.165) is 42.0 Å². The molecule has 0 aliphatic heterocycles. The number of nitrogens with one attached hydrogen (secondary N) is 1. The molecule has 24 heavy (non-hydrogen) atoms. The molecule has 0 unspecified atom stereocenters. The van der Waals surface area contributed by atoms with Crippen molar-refractivity contribution in [3.05, 3.63) is 22.4 Å². The minimum Gasteiger partial charge on any atom is -0.355 e. The van der Waals surface area contributed by atoms with Crippen LogP contribution >= 0.6 is 15.9 Å². The number of rotatable bonds is 8. The number of hydrogen-bond donors (Lipinski definition) is 1. The summed E-state index contributed by atoms with van der Waals surface area (Å²) in [6.07, 6.45) is 7.75. The van der Waals surface area contributed by atoms with E-state index in [0.29, 0.717) is 0 Å². The fourth-order valence-electron chi connectivity index (χ4n) is 3.23. The Kier molecular flexibility index (Phi) is 5.87. The molecule has 5 nitrogen and oxygen atoms in total. The zero-order chi connectivity index (χ0) is 17.1. The van der Waals surface area contributed by atoms with Crippen molar-refractivity contribution in [1.82, 2.24) is 19.7 Å². The first-order valence-electron chi connectivity index (χ1n) is 9.03. The second kappa shape index (κ2) is 7.91. The summed E-state index contributed by atoms with van der Waals surface area (Å²) in [5, 5.41) is 3.54. The first kappa shape index (κ1) is 17.8. The van der Waals surface area contributed by atoms with Gasteiger partial charge in [-0.05, 0) is 53.6 Å². The molecule has 0 saturated heterocycles. The predicted octanol–water partition coefficient (Wildman–Crippen LogP) is 2.67. The van der Waals surface area contributed by atoms with Gasteiger partial charge < -0.3 is 14.8 Å². The molecule has 1 heterocycles. The van der Waals surface area contributed by atoms with Gasteiger partial charge in [0.2, 0.25) is 0 Å². The lowest BCUT2D eigenvalue weighted by Gasteiger charge is -2.25. The van der Waals surface area contributed by atoms with Crippen LogP contribution in [-0.2, 0) is 13.6 Å². The smallest absolute Gasteiger partial charge is 0.193 e. The van der Waals surface area contributed by atoms with Crippen molar-refractivity contribution in [3.63, 3.8) is 0 Å². The lowest BCUT2D eigenvalue weighted by molar-refractivity contribution is 0.255. The van der Waals surface area contributed by atoms with Gasteiger partial charge in [0.05, 0.1) is 6.54 Å². The lowest BCUT2D eigenvalue weighted by Crippen LogP contribution is -2.43. The highest BCUT2D eigenvalue weighted by molar-refractivity contribution is 9.10. The van der Waals surface area contributed by atoms with Crippen LogP contribution < -0.4 is 5.32 Å². The Bertz CT molecular complexity index is 574. The van der Waals surface area contributed by atoms with Crippen LogP contribution in [0.4, 0.5) is 0 Å². The van der Waals surface area contributed by atoms with Crippen LogP contribution in [0.15, 0.2) is 21.7 Å². The van der Waals surface area contributed by atoms with Crippen molar-refractivity contribution >= 4 is 21.9 Å². The molecule has 0 spiro atoms. The largest absolute Gasteiger partial charge is 0.355 e. The Morgan fingerprint density at radius 2 is 2.12 bits per heavy atom. The number of aryl methyl sites for hydroxylation is 1. The van der Waals surface area contributed by atoms with Crippen LogP contribution in [0.5, 0.6) is 0 Å². The van der Waals surface area contributed by atoms with Crippen LogP contribution in [-0.4, -0.2) is 60.1 Å². The third kappa shape index (κ3) is 4.99. The van der Waals surface area contributed by atoms with Gasteiger partial charge in [-0.2, -0.15) is 0 Å². The monoisotopic (exact) mass is 395 g/mol. The molecular formula is C18H30BrN5. The summed E-state index contributed by atoms with van der Waals surface area (Å²) in [6.45, 7) is 4.25. The second-order valence-electron chi connectivity index (χ2n) is 7.26. The molecular weight excluding hydrogens is 366 g/mol. The molecule has 2 saturated carbocycles. The number of hydrogen-bond acceptors (Lipinski definition) is 2. The van der Waals surface area contributed by atoms with E-state index in [9.17, 15) is 0 Å². The van der Waals surface area contributed by atoms with Gasteiger partial charge in [-0.25, -0.2) is 0 Å². The minimum atomic E-state index is 0.843. The Balaban J connectivity index is 1.45. The zero-order valence-electron chi connectivity index (χ0n) is 15.1. The number of halogens is 1. The molecule has 0 bridgehead atoms. The molecule has 3 rings (SSSR count). The van der Waals surface area contributed by atoms with E-state index in [-0.39, 0.29) is 0 Å². The topological polar surface area (TPSA) is 35.8 Å². The summed E-state index contributed by atoms with van der Waals surface area (Å²) < 4.78 is 3.27. The van der Waals surface area contributed by atoms with Crippen molar-refractivity contribution in [1.29, 1.82) is 0 Å². The number of guanidine groups is 1. The van der Waals surface area contributed by atoms with Crippen molar-refractivity contribution in [2.75, 3.05) is 33.7 Å². The maximum atomic E-state index is 4.44. The number of aliphatic imine (C=N–C) groups is 1. The highest BCUT2D eigenvalue weighted by Gasteiger charge is 2.33. The standard InChI is InChI=1S/C18H30BrN5/c1-20-18(23(3)13-17-10-15(19)12-22(17)2)21-8-9-24(16-6-7-16)11-14-4-5-14/h10,12,14,16H,4-9,11,13H2,1-3H3,(H,20,21). The van der Waals surface area contributed by atoms with Gasteiger partial charge in [-0.15, -0.1) is 0 Å². The molecule has 0 amide bonds. The number of nitrogens with zero attached hydrogens (tertiary/aromatic N) is 4. The van der Waals surface area contributed by atoms with Gasteiger partial charge in [0.25, 0.3) is 0 Å². The molecule has 2 aliphatic carbocycles. The van der Waals surface area contributed by atoms with Gasteiger partial charge in [0.1, 0.15) is 0 Å². The molecule has 2 aliphatic rings. The maximum Gasteiger partial charge on any atom is 0.193 e. The normalized spacial score (nSPS) is 18.3. The van der Waals surface area contributed by atoms with Crippen LogP contribution in [0, 0.1) is 5.92 Å². The molecule has 1 aromatic rings. The molecule has 6 heteroatoms. The Hall–Kier alpha value is -1.01. The Morgan fingerprint density at radius 1 is 1.38 bits per heavy atom. The van der Waals surface area contributed by atoms with E-state index in [1.165, 1.54) is 37.9 Å². The van der Waals surface area contributed by atoms with Crippen molar-refractivity contribution in [2.24, 2.45) is 18.0 Å². The fraction of sp³-hybridized carbons (Fsp3) is 0.722. The van der Waals surface area contributed by atoms with E-state index in [2.05, 4.69) is 67.0 Å². The quantitative estimate of drug-likeness (QED) is 0.542. The van der Waals surface area contributed by atoms with Gasteiger partial charge in [-0.3, -0.25) is 9.89 Å². The van der Waals surface area contributed by atoms with Crippen molar-refractivity contribution in [3.8, 4) is 0 Å². The average Bonchev–Trinajstić information content (AvgIpc) is 3.43. The first-order valence-corrected chi connectivity index (χ1v) is 9.82. The molecule has 0 radical (unpaired) electrons. The van der Waals surface area contributed by atoms with E-state index >= 15 is 0 Å². The molecule has 134 valence electrons. The minimum absolute atomic E-state index is 0.843. The van der Waals surface area contributed by atoms with Gasteiger partial charge >= 0.3 is 0 Å². The SMILES string of the molecule is CN=C(NCCN(CC1CC1)C1CC1)N(C)Cc1cc(Br)cn1C. The summed E-state index contributed by atoms with van der Waals surface area (Å²) >= 11 is 3.54. The number of aromatic nitrogens is 1. The van der Waals surface area contributed by atoms with Gasteiger partial charge in [-0.1, -0.05) is 0 Å². The van der Waals surface area contributed by atoms with Crippen LogP contribution in [0.25, 0.3) is 0 Å². The van der Waals surface area contributed by atoms with Gasteiger partial charge in [0, 0.05) is 63.2 Å². The summed E-state index contributed by atoms with van der Waals surface area (Å²) in [4.78, 5) is 9.31. The van der Waals surface area contributed by atoms with E-state index in [4.69, 9.17) is 0 Å². The summed E-state index contributed by atoms with van der Waals surface area (Å²) in [7, 11) is 6.04. The highest BCUT2D eigenvalue weighted by Crippen LogP contribution is 2.34. The molecule has 2 fully saturated rings. The second-order valence-corrected chi connectivity index (χ2v) is 8.18. The Morgan fingerprint density at radius 3 is 2.67 bits per heavy atom. The first-order chi connectivity index (χ1) is 11.6. The summed E-state index contributed by atoms with van der Waals surface area (Å²) in [5.41, 5.74) is 1.26. The van der Waals surface area contributed by atoms with Crippen molar-refractivity contribution in [2.45, 2.75) is 38.3 Å². The summed E-state index contributed by atoms with van der Waals surface area (Å²) in [5.74, 6) is 1.94. The average molecular weight is 396 g/mol. The van der Waals surface area contributed by atoms with E-state index < -0.39 is 0 Å². The molecule has 0 aromatic carbocycles. The Labute approximate surface area is 154 Å². The van der Waals surface area contributed by atoms with Crippen LogP contribution in [0.3, 0.4) is 0 Å². The lowest BCUT2D eigenvalue weighted by atomic mass is 10.3. The third-order valence-electron chi connectivity index (χ3n) is 4.98. The summed E-state index contributed by atoms with van der Waals surface area (Å²) in [6, 6.07) is 3.02. The maximum absolute atomic E-state index is 4.44. The van der Waals surface area contributed by atoms with E-state index in [1.54, 1.807) is 0 Å². The van der Waals surface area contributed by atoms with Crippen LogP contribution in [0.1, 0.15) is 31.4 Å².